The predicted octanol–water partition coefficient (Wildman–Crippen LogP) is -1.94. The molecule has 5 heteroatoms. The number of carboxylic acid groups (broad SMARTS) is 1. The van der Waals surface area contributed by atoms with Crippen molar-refractivity contribution in [3.05, 3.63) is 0 Å². The van der Waals surface area contributed by atoms with Crippen molar-refractivity contribution in [3.8, 4) is 0 Å². The Labute approximate surface area is 101 Å². The Morgan fingerprint density at radius 2 is 2.00 bits per heavy atom. The fraction of sp³-hybridized carbons (Fsp3) is 0.857. The van der Waals surface area contributed by atoms with Crippen LogP contribution in [-0.4, -0.2) is 16.9 Å². The molecule has 0 aliphatic carbocycles. The number of hydrogen-bond acceptors (Lipinski definition) is 3. The van der Waals surface area contributed by atoms with Crippen LogP contribution in [0.1, 0.15) is 32.6 Å². The zero-order valence-electron chi connectivity index (χ0n) is 7.75. The molecule has 0 aromatic carbocycles. The molecule has 0 aromatic heterocycles. The third-order valence-electron chi connectivity index (χ3n) is 1.43. The van der Waals surface area contributed by atoms with E-state index in [1.54, 1.807) is 0 Å². The maximum atomic E-state index is 10.1. The minimum Gasteiger partial charge on any atom is -0.529 e. The first-order valence-corrected chi connectivity index (χ1v) is 4.26. The molecule has 0 heterocycles. The van der Waals surface area contributed by atoms with Gasteiger partial charge in [-0.15, -0.1) is 0 Å². The molecule has 0 aliphatic heterocycles. The van der Waals surface area contributed by atoms with Gasteiger partial charge in [0.05, 0.1) is 0 Å². The number of carbonyl (C=O) groups excluding carboxylic acids is 1. The van der Waals surface area contributed by atoms with Crippen molar-refractivity contribution in [2.45, 2.75) is 32.6 Å². The molecule has 1 amide bonds. The molecule has 12 heavy (non-hydrogen) atoms. The van der Waals surface area contributed by atoms with E-state index in [1.807, 2.05) is 0 Å². The van der Waals surface area contributed by atoms with E-state index < -0.39 is 6.09 Å². The van der Waals surface area contributed by atoms with Crippen molar-refractivity contribution in [2.24, 2.45) is 0 Å². The van der Waals surface area contributed by atoms with Crippen molar-refractivity contribution in [1.29, 1.82) is 0 Å². The Bertz CT molecular complexity index is 124. The molecule has 0 aromatic rings. The molecule has 0 spiro atoms. The Hall–Kier alpha value is 0.620. The number of amides is 1. The number of carbonyl (C=O) groups is 1. The Kier molecular flexibility index (Phi) is 12.2. The van der Waals surface area contributed by atoms with Crippen LogP contribution in [0.5, 0.6) is 0 Å². The molecule has 0 bridgehead atoms. The minimum atomic E-state index is -1.22. The summed E-state index contributed by atoms with van der Waals surface area (Å²) in [4.78, 5) is 10.1. The summed E-state index contributed by atoms with van der Waals surface area (Å²) in [7, 11) is 0. The largest absolute Gasteiger partial charge is 1.00 e. The Balaban J connectivity index is 0. The van der Waals surface area contributed by atoms with Gasteiger partial charge in [-0.25, -0.2) is 0 Å². The van der Waals surface area contributed by atoms with Crippen molar-refractivity contribution >= 4 is 18.9 Å². The van der Waals surface area contributed by atoms with E-state index in [4.69, 9.17) is 0 Å². The molecule has 0 rings (SSSR count). The zero-order chi connectivity index (χ0) is 8.69. The van der Waals surface area contributed by atoms with Gasteiger partial charge in [-0.2, -0.15) is 0 Å². The molecule has 0 saturated carbocycles. The molecule has 66 valence electrons. The van der Waals surface area contributed by atoms with Gasteiger partial charge in [0.25, 0.3) is 0 Å². The number of nitrogens with zero attached hydrogens (tertiary/aromatic N) is 1. The van der Waals surface area contributed by atoms with Gasteiger partial charge in [0, 0.05) is 6.54 Å². The van der Waals surface area contributed by atoms with Gasteiger partial charge in [-0.3, -0.25) is 0 Å². The molecule has 3 nitrogen and oxygen atoms in total. The number of thiol groups is 1. The van der Waals surface area contributed by atoms with Crippen molar-refractivity contribution < 1.29 is 39.5 Å². The fourth-order valence-corrected chi connectivity index (χ4v) is 0.921. The van der Waals surface area contributed by atoms with Gasteiger partial charge in [0.15, 0.2) is 0 Å². The van der Waals surface area contributed by atoms with E-state index in [-0.39, 0.29) is 29.6 Å². The second-order valence-corrected chi connectivity index (χ2v) is 2.93. The summed E-state index contributed by atoms with van der Waals surface area (Å²) in [5, 5.41) is 10.1. The van der Waals surface area contributed by atoms with Gasteiger partial charge in [-0.1, -0.05) is 39.0 Å². The Morgan fingerprint density at radius 3 is 2.42 bits per heavy atom. The van der Waals surface area contributed by atoms with Crippen LogP contribution in [0.25, 0.3) is 0 Å². The van der Waals surface area contributed by atoms with Gasteiger partial charge < -0.3 is 14.2 Å². The topological polar surface area (TPSA) is 43.4 Å². The zero-order valence-corrected chi connectivity index (χ0v) is 10.6. The first-order chi connectivity index (χ1) is 5.18. The molecule has 0 saturated heterocycles. The quantitative estimate of drug-likeness (QED) is 0.318. The van der Waals surface area contributed by atoms with Gasteiger partial charge in [0.2, 0.25) is 0 Å². The second kappa shape index (κ2) is 9.71. The van der Waals surface area contributed by atoms with Crippen LogP contribution in [0, 0.1) is 0 Å². The third kappa shape index (κ3) is 8.71. The van der Waals surface area contributed by atoms with Crippen LogP contribution in [0.2, 0.25) is 0 Å². The van der Waals surface area contributed by atoms with Crippen molar-refractivity contribution in [2.75, 3.05) is 6.54 Å². The molecule has 0 unspecified atom stereocenters. The maximum absolute atomic E-state index is 10.1. The first-order valence-electron chi connectivity index (χ1n) is 3.86. The average molecular weight is 199 g/mol. The van der Waals surface area contributed by atoms with Crippen LogP contribution >= 0.6 is 12.8 Å². The number of unbranched alkanes of at least 4 members (excludes halogenated alkanes) is 3. The average Bonchev–Trinajstić information content (AvgIpc) is 1.97. The first kappa shape index (κ1) is 15.1. The van der Waals surface area contributed by atoms with Crippen LogP contribution in [0.15, 0.2) is 0 Å². The van der Waals surface area contributed by atoms with Crippen LogP contribution < -0.4 is 34.7 Å². The monoisotopic (exact) mass is 199 g/mol. The number of rotatable bonds is 5. The predicted molar refractivity (Wildman–Crippen MR) is 45.2 cm³/mol. The SMILES string of the molecule is CCCCCCN(S)C(=O)[O-].[Na+]. The van der Waals surface area contributed by atoms with Crippen molar-refractivity contribution in [1.82, 2.24) is 4.31 Å². The molecule has 0 fully saturated rings. The third-order valence-corrected chi connectivity index (χ3v) is 1.80. The molecular formula is C7H14NNaO2S. The standard InChI is InChI=1S/C7H15NO2S.Na/c1-2-3-4-5-6-8(11)7(9)10;/h11H,2-6H2,1H3,(H,9,10);/q;+1/p-1. The molecule has 0 radical (unpaired) electrons. The summed E-state index contributed by atoms with van der Waals surface area (Å²) < 4.78 is 0.912. The summed E-state index contributed by atoms with van der Waals surface area (Å²) in [5.41, 5.74) is 0. The van der Waals surface area contributed by atoms with E-state index in [2.05, 4.69) is 19.7 Å². The second-order valence-electron chi connectivity index (χ2n) is 2.45. The van der Waals surface area contributed by atoms with E-state index in [0.29, 0.717) is 6.54 Å². The number of hydrogen-bond donors (Lipinski definition) is 1. The molecule has 0 N–H and O–H groups in total. The molecule has 0 atom stereocenters. The van der Waals surface area contributed by atoms with Gasteiger partial charge in [0.1, 0.15) is 6.09 Å². The van der Waals surface area contributed by atoms with Gasteiger partial charge in [-0.05, 0) is 6.42 Å². The summed E-state index contributed by atoms with van der Waals surface area (Å²) >= 11 is 3.70. The summed E-state index contributed by atoms with van der Waals surface area (Å²) in [5.74, 6) is 0. The van der Waals surface area contributed by atoms with Gasteiger partial charge >= 0.3 is 29.6 Å². The van der Waals surface area contributed by atoms with Crippen molar-refractivity contribution in [3.63, 3.8) is 0 Å². The fourth-order valence-electron chi connectivity index (χ4n) is 0.780. The molecular weight excluding hydrogens is 185 g/mol. The van der Waals surface area contributed by atoms with E-state index in [0.717, 1.165) is 30.0 Å². The van der Waals surface area contributed by atoms with Crippen LogP contribution in [-0.2, 0) is 0 Å². The molecule has 0 aliphatic rings. The Morgan fingerprint density at radius 1 is 1.42 bits per heavy atom. The summed E-state index contributed by atoms with van der Waals surface area (Å²) in [6.45, 7) is 2.57. The smallest absolute Gasteiger partial charge is 0.529 e. The maximum Gasteiger partial charge on any atom is 1.00 e. The summed E-state index contributed by atoms with van der Waals surface area (Å²) in [6, 6.07) is 0. The van der Waals surface area contributed by atoms with E-state index >= 15 is 0 Å². The summed E-state index contributed by atoms with van der Waals surface area (Å²) in [6.07, 6.45) is 3.00. The normalized spacial score (nSPS) is 8.83. The van der Waals surface area contributed by atoms with Crippen LogP contribution in [0.4, 0.5) is 4.79 Å². The minimum absolute atomic E-state index is 0. The van der Waals surface area contributed by atoms with E-state index in [1.165, 1.54) is 0 Å². The van der Waals surface area contributed by atoms with Crippen LogP contribution in [0.3, 0.4) is 0 Å². The van der Waals surface area contributed by atoms with E-state index in [9.17, 15) is 9.90 Å².